The van der Waals surface area contributed by atoms with Crippen LogP contribution in [0.3, 0.4) is 0 Å². The third kappa shape index (κ3) is 3.95. The summed E-state index contributed by atoms with van der Waals surface area (Å²) >= 11 is 0. The normalized spacial score (nSPS) is 15.1. The summed E-state index contributed by atoms with van der Waals surface area (Å²) in [6.45, 7) is 0. The predicted molar refractivity (Wildman–Crippen MR) is 78.0 cm³/mol. The van der Waals surface area contributed by atoms with E-state index in [9.17, 15) is 0 Å². The lowest BCUT2D eigenvalue weighted by molar-refractivity contribution is 0.702. The topological polar surface area (TPSA) is 52.0 Å². The van der Waals surface area contributed by atoms with Crippen LogP contribution in [0.15, 0.2) is 47.7 Å². The summed E-state index contributed by atoms with van der Waals surface area (Å²) in [5, 5.41) is 0. The highest BCUT2D eigenvalue weighted by Crippen LogP contribution is 2.20. The van der Waals surface area contributed by atoms with Crippen molar-refractivity contribution in [2.45, 2.75) is 38.5 Å². The molecule has 0 aliphatic heterocycles. The molecule has 0 amide bonds. The first-order valence-corrected chi connectivity index (χ1v) is 6.72. The number of hydrogen-bond donors (Lipinski definition) is 2. The molecule has 0 spiro atoms. The fraction of sp³-hybridized carbons (Fsp3) is 0.375. The van der Waals surface area contributed by atoms with Gasteiger partial charge < -0.3 is 11.5 Å². The maximum absolute atomic E-state index is 5.75. The largest absolute Gasteiger partial charge is 0.402 e. The molecule has 96 valence electrons. The maximum Gasteiger partial charge on any atom is 0.0314 e. The Morgan fingerprint density at radius 2 is 1.56 bits per heavy atom. The van der Waals surface area contributed by atoms with E-state index in [1.54, 1.807) is 5.57 Å². The fourth-order valence-corrected chi connectivity index (χ4v) is 2.27. The average Bonchev–Trinajstić information content (AvgIpc) is 2.39. The summed E-state index contributed by atoms with van der Waals surface area (Å²) in [7, 11) is 0. The third-order valence-electron chi connectivity index (χ3n) is 3.46. The maximum atomic E-state index is 5.75. The highest BCUT2D eigenvalue weighted by atomic mass is 14.6. The Labute approximate surface area is 109 Å². The lowest BCUT2D eigenvalue weighted by Gasteiger charge is -2.11. The van der Waals surface area contributed by atoms with Gasteiger partial charge in [-0.1, -0.05) is 23.8 Å². The molecule has 18 heavy (non-hydrogen) atoms. The monoisotopic (exact) mass is 242 g/mol. The van der Waals surface area contributed by atoms with Crippen LogP contribution in [-0.4, -0.2) is 0 Å². The number of aryl methyl sites for hydroxylation is 1. The van der Waals surface area contributed by atoms with Crippen molar-refractivity contribution in [3.63, 3.8) is 0 Å². The van der Waals surface area contributed by atoms with Crippen LogP contribution in [0.5, 0.6) is 0 Å². The molecule has 1 aromatic carbocycles. The molecule has 2 heteroatoms. The van der Waals surface area contributed by atoms with Crippen LogP contribution < -0.4 is 11.5 Å². The van der Waals surface area contributed by atoms with Gasteiger partial charge in [-0.2, -0.15) is 0 Å². The molecule has 2 rings (SSSR count). The Morgan fingerprint density at radius 3 is 2.22 bits per heavy atom. The summed E-state index contributed by atoms with van der Waals surface area (Å²) in [5.74, 6) is 0. The standard InChI is InChI=1S/C16H22N2/c17-15-9-5-13(6-10-15)3-1-2-4-14-7-11-16(18)12-8-14/h5-7,9-11H,1-4,8,12,17-18H2. The Kier molecular flexibility index (Phi) is 4.46. The highest BCUT2D eigenvalue weighted by molar-refractivity contribution is 5.39. The molecule has 0 bridgehead atoms. The van der Waals surface area contributed by atoms with Gasteiger partial charge in [0.25, 0.3) is 0 Å². The molecule has 0 unspecified atom stereocenters. The van der Waals surface area contributed by atoms with Gasteiger partial charge in [0, 0.05) is 11.4 Å². The van der Waals surface area contributed by atoms with Crippen molar-refractivity contribution in [2.24, 2.45) is 5.73 Å². The van der Waals surface area contributed by atoms with Gasteiger partial charge in [-0.15, -0.1) is 0 Å². The third-order valence-corrected chi connectivity index (χ3v) is 3.46. The first-order valence-electron chi connectivity index (χ1n) is 6.72. The minimum absolute atomic E-state index is 0.843. The van der Waals surface area contributed by atoms with E-state index in [0.29, 0.717) is 0 Å². The molecule has 0 radical (unpaired) electrons. The second-order valence-corrected chi connectivity index (χ2v) is 5.02. The number of hydrogen-bond acceptors (Lipinski definition) is 2. The van der Waals surface area contributed by atoms with Crippen LogP contribution in [0.2, 0.25) is 0 Å². The van der Waals surface area contributed by atoms with Crippen molar-refractivity contribution in [1.29, 1.82) is 0 Å². The van der Waals surface area contributed by atoms with Crippen LogP contribution in [0.1, 0.15) is 37.7 Å². The molecule has 4 N–H and O–H groups in total. The summed E-state index contributed by atoms with van der Waals surface area (Å²) in [5.41, 5.74) is 16.2. The molecule has 1 aliphatic rings. The van der Waals surface area contributed by atoms with Gasteiger partial charge in [-0.05, 0) is 62.3 Å². The number of unbranched alkanes of at least 4 members (excludes halogenated alkanes) is 1. The zero-order valence-corrected chi connectivity index (χ0v) is 10.9. The SMILES string of the molecule is NC1=CC=C(CCCCc2ccc(N)cc2)CC1. The second-order valence-electron chi connectivity index (χ2n) is 5.02. The first kappa shape index (κ1) is 12.7. The summed E-state index contributed by atoms with van der Waals surface area (Å²) in [6, 6.07) is 8.20. The van der Waals surface area contributed by atoms with Crippen LogP contribution >= 0.6 is 0 Å². The predicted octanol–water partition coefficient (Wildman–Crippen LogP) is 3.54. The number of rotatable bonds is 5. The second kappa shape index (κ2) is 6.29. The number of nitrogen functional groups attached to an aromatic ring is 1. The minimum Gasteiger partial charge on any atom is -0.402 e. The summed E-state index contributed by atoms with van der Waals surface area (Å²) in [6.07, 6.45) is 11.3. The zero-order chi connectivity index (χ0) is 12.8. The number of anilines is 1. The van der Waals surface area contributed by atoms with Crippen molar-refractivity contribution >= 4 is 5.69 Å². The number of allylic oxidation sites excluding steroid dienone is 4. The smallest absolute Gasteiger partial charge is 0.0314 e. The molecular formula is C16H22N2. The van der Waals surface area contributed by atoms with Gasteiger partial charge >= 0.3 is 0 Å². The molecule has 0 saturated heterocycles. The number of nitrogens with two attached hydrogens (primary N) is 2. The van der Waals surface area contributed by atoms with Gasteiger partial charge in [-0.3, -0.25) is 0 Å². The van der Waals surface area contributed by atoms with E-state index in [0.717, 1.165) is 30.6 Å². The Morgan fingerprint density at radius 1 is 0.833 bits per heavy atom. The van der Waals surface area contributed by atoms with Crippen LogP contribution in [0.4, 0.5) is 5.69 Å². The molecule has 0 saturated carbocycles. The van der Waals surface area contributed by atoms with Crippen molar-refractivity contribution < 1.29 is 0 Å². The Bertz CT molecular complexity index is 441. The lowest BCUT2D eigenvalue weighted by Crippen LogP contribution is -2.01. The summed E-state index contributed by atoms with van der Waals surface area (Å²) < 4.78 is 0. The van der Waals surface area contributed by atoms with E-state index in [-0.39, 0.29) is 0 Å². The lowest BCUT2D eigenvalue weighted by atomic mass is 9.97. The molecule has 1 aromatic rings. The van der Waals surface area contributed by atoms with Crippen molar-refractivity contribution in [3.05, 3.63) is 53.3 Å². The summed E-state index contributed by atoms with van der Waals surface area (Å²) in [4.78, 5) is 0. The first-order chi connectivity index (χ1) is 8.74. The van der Waals surface area contributed by atoms with E-state index >= 15 is 0 Å². The fourth-order valence-electron chi connectivity index (χ4n) is 2.27. The van der Waals surface area contributed by atoms with E-state index in [1.807, 2.05) is 12.1 Å². The Hall–Kier alpha value is -1.70. The van der Waals surface area contributed by atoms with Crippen molar-refractivity contribution in [2.75, 3.05) is 5.73 Å². The van der Waals surface area contributed by atoms with Crippen LogP contribution in [0, 0.1) is 0 Å². The van der Waals surface area contributed by atoms with E-state index in [1.165, 1.54) is 24.8 Å². The van der Waals surface area contributed by atoms with Gasteiger partial charge in [-0.25, -0.2) is 0 Å². The van der Waals surface area contributed by atoms with Crippen LogP contribution in [0.25, 0.3) is 0 Å². The van der Waals surface area contributed by atoms with Gasteiger partial charge in [0.15, 0.2) is 0 Å². The molecule has 2 nitrogen and oxygen atoms in total. The molecule has 0 atom stereocenters. The minimum atomic E-state index is 0.843. The van der Waals surface area contributed by atoms with E-state index in [4.69, 9.17) is 11.5 Å². The van der Waals surface area contributed by atoms with Crippen molar-refractivity contribution in [1.82, 2.24) is 0 Å². The van der Waals surface area contributed by atoms with Gasteiger partial charge in [0.05, 0.1) is 0 Å². The molecule has 0 aromatic heterocycles. The molecule has 0 heterocycles. The molecule has 1 aliphatic carbocycles. The van der Waals surface area contributed by atoms with Gasteiger partial charge in [0.2, 0.25) is 0 Å². The van der Waals surface area contributed by atoms with Gasteiger partial charge in [0.1, 0.15) is 0 Å². The highest BCUT2D eigenvalue weighted by Gasteiger charge is 2.03. The molecule has 0 fully saturated rings. The van der Waals surface area contributed by atoms with Crippen molar-refractivity contribution in [3.8, 4) is 0 Å². The number of benzene rings is 1. The zero-order valence-electron chi connectivity index (χ0n) is 10.9. The quantitative estimate of drug-likeness (QED) is 0.613. The van der Waals surface area contributed by atoms with E-state index in [2.05, 4.69) is 24.3 Å². The van der Waals surface area contributed by atoms with Crippen LogP contribution in [-0.2, 0) is 6.42 Å². The molecular weight excluding hydrogens is 220 g/mol. The Balaban J connectivity index is 1.69. The average molecular weight is 242 g/mol. The van der Waals surface area contributed by atoms with E-state index < -0.39 is 0 Å².